The maximum Gasteiger partial charge on any atom is 0.235 e. The van der Waals surface area contributed by atoms with Crippen LogP contribution in [-0.4, -0.2) is 11.8 Å². The van der Waals surface area contributed by atoms with Crippen molar-refractivity contribution in [3.63, 3.8) is 0 Å². The molecule has 0 radical (unpaired) electrons. The van der Waals surface area contributed by atoms with Gasteiger partial charge in [-0.2, -0.15) is 0 Å². The van der Waals surface area contributed by atoms with Gasteiger partial charge in [-0.1, -0.05) is 41.9 Å². The van der Waals surface area contributed by atoms with Gasteiger partial charge in [0.1, 0.15) is 5.57 Å². The summed E-state index contributed by atoms with van der Waals surface area (Å²) in [5.74, 6) is -2.61. The predicted octanol–water partition coefficient (Wildman–Crippen LogP) is 2.35. The summed E-state index contributed by atoms with van der Waals surface area (Å²) in [6.45, 7) is 0. The number of allylic oxidation sites excluding steroid dienone is 1. The number of ether oxygens (including phenoxy) is 1. The van der Waals surface area contributed by atoms with Crippen LogP contribution in [0.2, 0.25) is 5.02 Å². The number of carboxylic acid groups (broad SMARTS) is 1. The average Bonchev–Trinajstić information content (AvgIpc) is 2.86. The van der Waals surface area contributed by atoms with E-state index in [9.17, 15) is 14.7 Å². The van der Waals surface area contributed by atoms with Crippen molar-refractivity contribution in [1.29, 1.82) is 0 Å². The van der Waals surface area contributed by atoms with E-state index in [1.807, 2.05) is 6.07 Å². The lowest BCUT2D eigenvalue weighted by molar-refractivity contribution is -0.298. The molecule has 1 heterocycles. The fraction of sp³-hybridized carbons (Fsp3) is 0. The Morgan fingerprint density at radius 1 is 1.08 bits per heavy atom. The highest BCUT2D eigenvalue weighted by atomic mass is 35.5. The summed E-state index contributed by atoms with van der Waals surface area (Å²) in [5.41, 5.74) is 0.701. The van der Waals surface area contributed by atoms with Gasteiger partial charge >= 0.3 is 0 Å². The summed E-state index contributed by atoms with van der Waals surface area (Å²) in [7, 11) is 0. The SMILES string of the molecule is O=C([O-])C1=C(Nc2ccccc2)O/C(=C\c2ccc(Cl)cc2)C1=O. The molecule has 0 aromatic heterocycles. The number of anilines is 1. The number of carboxylic acids is 1. The highest BCUT2D eigenvalue weighted by molar-refractivity contribution is 6.30. The van der Waals surface area contributed by atoms with Gasteiger partial charge in [0.2, 0.25) is 11.7 Å². The smallest absolute Gasteiger partial charge is 0.235 e. The zero-order valence-corrected chi connectivity index (χ0v) is 13.0. The van der Waals surface area contributed by atoms with Crippen molar-refractivity contribution in [2.75, 3.05) is 5.32 Å². The molecule has 0 saturated carbocycles. The number of para-hydroxylation sites is 1. The van der Waals surface area contributed by atoms with E-state index in [0.29, 0.717) is 16.3 Å². The molecule has 1 aliphatic heterocycles. The molecule has 0 amide bonds. The third-order valence-corrected chi connectivity index (χ3v) is 3.55. The molecule has 2 aromatic carbocycles. The predicted molar refractivity (Wildman–Crippen MR) is 87.6 cm³/mol. The number of halogens is 1. The van der Waals surface area contributed by atoms with Crippen molar-refractivity contribution >= 4 is 35.1 Å². The summed E-state index contributed by atoms with van der Waals surface area (Å²) >= 11 is 5.81. The molecular weight excluding hydrogens is 330 g/mol. The van der Waals surface area contributed by atoms with Gasteiger partial charge in [-0.15, -0.1) is 0 Å². The second kappa shape index (κ2) is 6.60. The van der Waals surface area contributed by atoms with Crippen LogP contribution < -0.4 is 10.4 Å². The number of benzene rings is 2. The van der Waals surface area contributed by atoms with Crippen molar-refractivity contribution in [2.24, 2.45) is 0 Å². The minimum absolute atomic E-state index is 0.102. The number of aliphatic carboxylic acids is 1. The molecule has 120 valence electrons. The Morgan fingerprint density at radius 2 is 1.75 bits per heavy atom. The van der Waals surface area contributed by atoms with Gasteiger partial charge in [-0.25, -0.2) is 0 Å². The number of rotatable bonds is 4. The van der Waals surface area contributed by atoms with Crippen LogP contribution in [0, 0.1) is 0 Å². The molecule has 24 heavy (non-hydrogen) atoms. The van der Waals surface area contributed by atoms with Crippen LogP contribution in [-0.2, 0) is 14.3 Å². The molecule has 0 spiro atoms. The highest BCUT2D eigenvalue weighted by Crippen LogP contribution is 2.27. The monoisotopic (exact) mass is 340 g/mol. The van der Waals surface area contributed by atoms with Gasteiger partial charge in [-0.05, 0) is 35.9 Å². The highest BCUT2D eigenvalue weighted by Gasteiger charge is 2.31. The molecule has 3 rings (SSSR count). The number of carbonyl (C=O) groups excluding carboxylic acids is 2. The maximum absolute atomic E-state index is 12.3. The Bertz CT molecular complexity index is 854. The second-order valence-electron chi connectivity index (χ2n) is 4.97. The third kappa shape index (κ3) is 3.31. The molecule has 0 saturated heterocycles. The number of carbonyl (C=O) groups is 2. The van der Waals surface area contributed by atoms with Crippen LogP contribution in [0.4, 0.5) is 5.69 Å². The van der Waals surface area contributed by atoms with Gasteiger partial charge in [0.05, 0.1) is 5.97 Å². The molecule has 0 atom stereocenters. The summed E-state index contributed by atoms with van der Waals surface area (Å²) in [6.07, 6.45) is 1.45. The minimum atomic E-state index is -1.60. The molecule has 1 N–H and O–H groups in total. The minimum Gasteiger partial charge on any atom is -0.544 e. The van der Waals surface area contributed by atoms with E-state index < -0.39 is 17.3 Å². The fourth-order valence-corrected chi connectivity index (χ4v) is 2.29. The molecule has 0 fully saturated rings. The molecule has 5 nitrogen and oxygen atoms in total. The molecule has 0 aliphatic carbocycles. The Kier molecular flexibility index (Phi) is 4.35. The van der Waals surface area contributed by atoms with Crippen molar-refractivity contribution in [1.82, 2.24) is 0 Å². The zero-order chi connectivity index (χ0) is 17.1. The Balaban J connectivity index is 1.91. The van der Waals surface area contributed by atoms with E-state index in [0.717, 1.165) is 0 Å². The van der Waals surface area contributed by atoms with Crippen LogP contribution in [0.5, 0.6) is 0 Å². The van der Waals surface area contributed by atoms with E-state index in [1.54, 1.807) is 48.5 Å². The van der Waals surface area contributed by atoms with Crippen LogP contribution in [0.3, 0.4) is 0 Å². The number of Topliss-reactive ketones (excluding diaryl/α,β-unsaturated/α-hetero) is 1. The Morgan fingerprint density at radius 3 is 2.38 bits per heavy atom. The van der Waals surface area contributed by atoms with Crippen LogP contribution >= 0.6 is 11.6 Å². The lowest BCUT2D eigenvalue weighted by Gasteiger charge is -2.08. The lowest BCUT2D eigenvalue weighted by atomic mass is 10.1. The number of hydrogen-bond acceptors (Lipinski definition) is 5. The fourth-order valence-electron chi connectivity index (χ4n) is 2.17. The van der Waals surface area contributed by atoms with Gasteiger partial charge in [0.15, 0.2) is 5.76 Å². The third-order valence-electron chi connectivity index (χ3n) is 3.29. The Hall–Kier alpha value is -3.05. The van der Waals surface area contributed by atoms with Crippen LogP contribution in [0.25, 0.3) is 6.08 Å². The van der Waals surface area contributed by atoms with E-state index in [-0.39, 0.29) is 11.6 Å². The topological polar surface area (TPSA) is 78.5 Å². The standard InChI is InChI=1S/C18H12ClNO4/c19-12-8-6-11(7-9-12)10-14-16(21)15(18(22)23)17(24-14)20-13-4-2-1-3-5-13/h1-10,20H,(H,22,23)/p-1/b14-10-. The second-order valence-corrected chi connectivity index (χ2v) is 5.41. The molecule has 0 bridgehead atoms. The van der Waals surface area contributed by atoms with E-state index in [2.05, 4.69) is 5.32 Å². The van der Waals surface area contributed by atoms with Gasteiger partial charge in [0, 0.05) is 10.7 Å². The summed E-state index contributed by atoms with van der Waals surface area (Å²) in [5, 5.41) is 14.6. The Labute approximate surface area is 142 Å². The normalized spacial score (nSPS) is 15.5. The first kappa shape index (κ1) is 15.8. The molecule has 6 heteroatoms. The first-order valence-corrected chi connectivity index (χ1v) is 7.40. The largest absolute Gasteiger partial charge is 0.544 e. The number of nitrogens with one attached hydrogen (secondary N) is 1. The molecule has 1 aliphatic rings. The van der Waals surface area contributed by atoms with E-state index in [1.165, 1.54) is 6.08 Å². The van der Waals surface area contributed by atoms with E-state index >= 15 is 0 Å². The van der Waals surface area contributed by atoms with Gasteiger partial charge in [0.25, 0.3) is 0 Å². The first-order chi connectivity index (χ1) is 11.5. The van der Waals surface area contributed by atoms with Crippen molar-refractivity contribution < 1.29 is 19.4 Å². The first-order valence-electron chi connectivity index (χ1n) is 7.02. The average molecular weight is 341 g/mol. The van der Waals surface area contributed by atoms with Gasteiger partial charge in [-0.3, -0.25) is 4.79 Å². The zero-order valence-electron chi connectivity index (χ0n) is 12.3. The summed E-state index contributed by atoms with van der Waals surface area (Å²) in [6, 6.07) is 15.5. The van der Waals surface area contributed by atoms with Crippen molar-refractivity contribution in [3.05, 3.63) is 82.4 Å². The lowest BCUT2D eigenvalue weighted by Crippen LogP contribution is -2.28. The van der Waals surface area contributed by atoms with Crippen LogP contribution in [0.1, 0.15) is 5.56 Å². The van der Waals surface area contributed by atoms with Crippen LogP contribution in [0.15, 0.2) is 71.8 Å². The van der Waals surface area contributed by atoms with Crippen molar-refractivity contribution in [3.8, 4) is 0 Å². The molecule has 2 aromatic rings. The summed E-state index contributed by atoms with van der Waals surface area (Å²) in [4.78, 5) is 23.6. The number of hydrogen-bond donors (Lipinski definition) is 1. The quantitative estimate of drug-likeness (QED) is 0.682. The summed E-state index contributed by atoms with van der Waals surface area (Å²) < 4.78 is 5.41. The van der Waals surface area contributed by atoms with Gasteiger partial charge < -0.3 is 20.0 Å². The maximum atomic E-state index is 12.3. The molecule has 0 unspecified atom stereocenters. The number of ketones is 1. The van der Waals surface area contributed by atoms with Crippen molar-refractivity contribution in [2.45, 2.75) is 0 Å². The van der Waals surface area contributed by atoms with E-state index in [4.69, 9.17) is 16.3 Å². The molecular formula is C18H11ClNO4-.